The van der Waals surface area contributed by atoms with Crippen LogP contribution >= 0.6 is 0 Å². The summed E-state index contributed by atoms with van der Waals surface area (Å²) in [6.07, 6.45) is 0.456. The summed E-state index contributed by atoms with van der Waals surface area (Å²) in [6, 6.07) is 1.71. The number of hydrogen-bond acceptors (Lipinski definition) is 6. The van der Waals surface area contributed by atoms with Gasteiger partial charge in [0.25, 0.3) is 0 Å². The molecule has 6 nitrogen and oxygen atoms in total. The minimum atomic E-state index is -0.841. The van der Waals surface area contributed by atoms with Crippen LogP contribution in [0.2, 0.25) is 0 Å². The average Bonchev–Trinajstić information content (AvgIpc) is 2.67. The van der Waals surface area contributed by atoms with Gasteiger partial charge in [-0.3, -0.25) is 0 Å². The Hall–Kier alpha value is -1.40. The predicted octanol–water partition coefficient (Wildman–Crippen LogP) is 0.745. The second-order valence-electron chi connectivity index (χ2n) is 4.56. The molecular weight excluding hydrogens is 234 g/mol. The van der Waals surface area contributed by atoms with Crippen LogP contribution in [-0.4, -0.2) is 47.0 Å². The molecule has 2 heterocycles. The van der Waals surface area contributed by atoms with Gasteiger partial charge >= 0.3 is 0 Å². The second-order valence-corrected chi connectivity index (χ2v) is 4.56. The van der Waals surface area contributed by atoms with Crippen LogP contribution < -0.4 is 10.1 Å². The van der Waals surface area contributed by atoms with Gasteiger partial charge in [0.05, 0.1) is 13.2 Å². The standard InChI is InChI=1S/C12H19N3O3/c1-8-12(16,4-5-18-8)7-13-10-6-11(17-3)15-9(2)14-10/h6,8,16H,4-5,7H2,1-3H3,(H,13,14,15). The van der Waals surface area contributed by atoms with Gasteiger partial charge in [-0.15, -0.1) is 0 Å². The van der Waals surface area contributed by atoms with Crippen molar-refractivity contribution < 1.29 is 14.6 Å². The van der Waals surface area contributed by atoms with Crippen LogP contribution in [0.1, 0.15) is 19.2 Å². The SMILES string of the molecule is COc1cc(NCC2(O)CCOC2C)nc(C)n1. The van der Waals surface area contributed by atoms with Crippen LogP contribution in [0, 0.1) is 6.92 Å². The summed E-state index contributed by atoms with van der Waals surface area (Å²) in [6.45, 7) is 4.66. The molecule has 1 aromatic heterocycles. The van der Waals surface area contributed by atoms with Gasteiger partial charge in [0, 0.05) is 25.6 Å². The van der Waals surface area contributed by atoms with Gasteiger partial charge in [-0.2, -0.15) is 4.98 Å². The lowest BCUT2D eigenvalue weighted by molar-refractivity contribution is -0.0176. The number of aliphatic hydroxyl groups is 1. The van der Waals surface area contributed by atoms with Crippen molar-refractivity contribution >= 4 is 5.82 Å². The van der Waals surface area contributed by atoms with Crippen molar-refractivity contribution in [3.05, 3.63) is 11.9 Å². The van der Waals surface area contributed by atoms with Gasteiger partial charge in [-0.05, 0) is 13.8 Å². The monoisotopic (exact) mass is 253 g/mol. The van der Waals surface area contributed by atoms with Gasteiger partial charge in [-0.25, -0.2) is 4.98 Å². The van der Waals surface area contributed by atoms with Crippen molar-refractivity contribution in [1.29, 1.82) is 0 Å². The summed E-state index contributed by atoms with van der Waals surface area (Å²) in [4.78, 5) is 8.35. The Morgan fingerprint density at radius 2 is 2.39 bits per heavy atom. The predicted molar refractivity (Wildman–Crippen MR) is 66.8 cm³/mol. The Morgan fingerprint density at radius 1 is 1.61 bits per heavy atom. The number of methoxy groups -OCH3 is 1. The van der Waals surface area contributed by atoms with Crippen molar-refractivity contribution in [2.24, 2.45) is 0 Å². The van der Waals surface area contributed by atoms with Gasteiger partial charge in [0.1, 0.15) is 17.2 Å². The van der Waals surface area contributed by atoms with E-state index in [1.807, 2.05) is 6.92 Å². The Labute approximate surface area is 106 Å². The number of hydrogen-bond donors (Lipinski definition) is 2. The highest BCUT2D eigenvalue weighted by Gasteiger charge is 2.39. The molecule has 0 radical (unpaired) electrons. The number of anilines is 1. The first-order valence-electron chi connectivity index (χ1n) is 6.01. The molecule has 0 spiro atoms. The van der Waals surface area contributed by atoms with Crippen LogP contribution in [0.15, 0.2) is 6.07 Å². The van der Waals surface area contributed by atoms with E-state index >= 15 is 0 Å². The van der Waals surface area contributed by atoms with E-state index in [1.54, 1.807) is 20.1 Å². The van der Waals surface area contributed by atoms with Gasteiger partial charge < -0.3 is 19.9 Å². The molecule has 18 heavy (non-hydrogen) atoms. The molecule has 1 fully saturated rings. The molecule has 2 rings (SSSR count). The molecule has 1 aliphatic heterocycles. The molecule has 0 bridgehead atoms. The van der Waals surface area contributed by atoms with E-state index in [9.17, 15) is 5.11 Å². The Kier molecular flexibility index (Phi) is 3.68. The fourth-order valence-corrected chi connectivity index (χ4v) is 1.98. The normalized spacial score (nSPS) is 27.2. The molecule has 2 unspecified atom stereocenters. The molecule has 2 atom stereocenters. The zero-order valence-electron chi connectivity index (χ0n) is 10.9. The highest BCUT2D eigenvalue weighted by Crippen LogP contribution is 2.26. The van der Waals surface area contributed by atoms with Crippen molar-refractivity contribution in [3.8, 4) is 5.88 Å². The lowest BCUT2D eigenvalue weighted by Crippen LogP contribution is -2.43. The van der Waals surface area contributed by atoms with Crippen molar-refractivity contribution in [3.63, 3.8) is 0 Å². The summed E-state index contributed by atoms with van der Waals surface area (Å²) in [7, 11) is 1.56. The van der Waals surface area contributed by atoms with Crippen LogP contribution in [0.5, 0.6) is 5.88 Å². The third kappa shape index (κ3) is 2.70. The lowest BCUT2D eigenvalue weighted by Gasteiger charge is -2.26. The zero-order chi connectivity index (χ0) is 13.2. The maximum absolute atomic E-state index is 10.4. The Balaban J connectivity index is 2.04. The van der Waals surface area contributed by atoms with Crippen LogP contribution in [-0.2, 0) is 4.74 Å². The summed E-state index contributed by atoms with van der Waals surface area (Å²) in [5, 5.41) is 13.5. The van der Waals surface area contributed by atoms with E-state index < -0.39 is 5.60 Å². The van der Waals surface area contributed by atoms with E-state index in [0.29, 0.717) is 37.1 Å². The van der Waals surface area contributed by atoms with Gasteiger partial charge in [-0.1, -0.05) is 0 Å². The topological polar surface area (TPSA) is 76.5 Å². The molecule has 0 aromatic carbocycles. The minimum Gasteiger partial charge on any atom is -0.481 e. The van der Waals surface area contributed by atoms with Crippen LogP contribution in [0.3, 0.4) is 0 Å². The first kappa shape index (κ1) is 13.0. The summed E-state index contributed by atoms with van der Waals surface area (Å²) < 4.78 is 10.5. The fraction of sp³-hybridized carbons (Fsp3) is 0.667. The summed E-state index contributed by atoms with van der Waals surface area (Å²) in [5.74, 6) is 1.78. The maximum atomic E-state index is 10.4. The van der Waals surface area contributed by atoms with Crippen LogP contribution in [0.25, 0.3) is 0 Å². The number of nitrogens with one attached hydrogen (secondary N) is 1. The molecule has 1 aliphatic rings. The van der Waals surface area contributed by atoms with E-state index in [1.165, 1.54) is 0 Å². The van der Waals surface area contributed by atoms with Gasteiger partial charge in [0.2, 0.25) is 5.88 Å². The molecule has 1 saturated heterocycles. The first-order chi connectivity index (χ1) is 8.53. The molecule has 0 amide bonds. The van der Waals surface area contributed by atoms with E-state index in [2.05, 4.69) is 15.3 Å². The number of aryl methyl sites for hydroxylation is 1. The maximum Gasteiger partial charge on any atom is 0.218 e. The third-order valence-electron chi connectivity index (χ3n) is 3.26. The van der Waals surface area contributed by atoms with Crippen molar-refractivity contribution in [1.82, 2.24) is 9.97 Å². The number of rotatable bonds is 4. The quantitative estimate of drug-likeness (QED) is 0.824. The van der Waals surface area contributed by atoms with Gasteiger partial charge in [0.15, 0.2) is 0 Å². The minimum absolute atomic E-state index is 0.171. The van der Waals surface area contributed by atoms with Crippen molar-refractivity contribution in [2.75, 3.05) is 25.6 Å². The Morgan fingerprint density at radius 3 is 3.00 bits per heavy atom. The largest absolute Gasteiger partial charge is 0.481 e. The highest BCUT2D eigenvalue weighted by atomic mass is 16.5. The molecule has 6 heteroatoms. The molecular formula is C12H19N3O3. The molecule has 2 N–H and O–H groups in total. The Bertz CT molecular complexity index is 427. The smallest absolute Gasteiger partial charge is 0.218 e. The van der Waals surface area contributed by atoms with E-state index in [4.69, 9.17) is 9.47 Å². The number of aromatic nitrogens is 2. The second kappa shape index (κ2) is 5.07. The molecule has 1 aromatic rings. The van der Waals surface area contributed by atoms with Crippen LogP contribution in [0.4, 0.5) is 5.82 Å². The van der Waals surface area contributed by atoms with E-state index in [-0.39, 0.29) is 6.10 Å². The first-order valence-corrected chi connectivity index (χ1v) is 6.01. The molecule has 0 saturated carbocycles. The lowest BCUT2D eigenvalue weighted by atomic mass is 9.97. The number of nitrogens with zero attached hydrogens (tertiary/aromatic N) is 2. The summed E-state index contributed by atoms with van der Waals surface area (Å²) in [5.41, 5.74) is -0.841. The molecule has 100 valence electrons. The van der Waals surface area contributed by atoms with Crippen molar-refractivity contribution in [2.45, 2.75) is 32.0 Å². The fourth-order valence-electron chi connectivity index (χ4n) is 1.98. The third-order valence-corrected chi connectivity index (χ3v) is 3.26. The molecule has 0 aliphatic carbocycles. The zero-order valence-corrected chi connectivity index (χ0v) is 10.9. The summed E-state index contributed by atoms with van der Waals surface area (Å²) >= 11 is 0. The average molecular weight is 253 g/mol. The number of ether oxygens (including phenoxy) is 2. The highest BCUT2D eigenvalue weighted by molar-refractivity contribution is 5.38. The van der Waals surface area contributed by atoms with E-state index in [0.717, 1.165) is 0 Å².